The molecule has 0 bridgehead atoms. The fraction of sp³-hybridized carbons (Fsp3) is 0.136. The standard InChI is InChI=1S/C44H42N4O2/c45-42(46)47-32-39(43(33-19-7-1-8-20-33,34-21-9-2-10-22-34)35-23-11-3-12-24-35)31-40(41(49)50)48-44(36-25-13-4-14-26-36,37-27-15-5-16-28-37)38-29-17-6-18-30-38/h1-30,39-40,48H,31-32H2,(H,49,50)(H4,45,46,47)/t39?,40-/m0/s1. The van der Waals surface area contributed by atoms with E-state index in [-0.39, 0.29) is 18.9 Å². The smallest absolute Gasteiger partial charge is 0.320 e. The highest BCUT2D eigenvalue weighted by Gasteiger charge is 2.47. The van der Waals surface area contributed by atoms with Gasteiger partial charge in [-0.05, 0) is 45.7 Å². The van der Waals surface area contributed by atoms with Crippen molar-refractivity contribution in [1.82, 2.24) is 5.32 Å². The minimum Gasteiger partial charge on any atom is -0.480 e. The molecule has 0 aliphatic carbocycles. The van der Waals surface area contributed by atoms with Crippen LogP contribution in [0, 0.1) is 5.92 Å². The number of carboxylic acid groups (broad SMARTS) is 1. The van der Waals surface area contributed by atoms with Crippen molar-refractivity contribution in [2.75, 3.05) is 6.54 Å². The summed E-state index contributed by atoms with van der Waals surface area (Å²) in [6, 6.07) is 59.8. The van der Waals surface area contributed by atoms with Crippen LogP contribution in [0.2, 0.25) is 0 Å². The second kappa shape index (κ2) is 15.5. The predicted molar refractivity (Wildman–Crippen MR) is 202 cm³/mol. The molecule has 0 fully saturated rings. The van der Waals surface area contributed by atoms with Crippen molar-refractivity contribution < 1.29 is 9.90 Å². The summed E-state index contributed by atoms with van der Waals surface area (Å²) >= 11 is 0. The number of benzene rings is 6. The van der Waals surface area contributed by atoms with Crippen LogP contribution in [0.1, 0.15) is 39.8 Å². The van der Waals surface area contributed by atoms with Crippen molar-refractivity contribution in [2.45, 2.75) is 23.4 Å². The molecular formula is C44H42N4O2. The monoisotopic (exact) mass is 658 g/mol. The Morgan fingerprint density at radius 2 is 0.840 bits per heavy atom. The topological polar surface area (TPSA) is 114 Å². The highest BCUT2D eigenvalue weighted by Crippen LogP contribution is 2.48. The highest BCUT2D eigenvalue weighted by atomic mass is 16.4. The van der Waals surface area contributed by atoms with Crippen LogP contribution in [0.25, 0.3) is 0 Å². The normalized spacial score (nSPS) is 12.8. The molecule has 0 spiro atoms. The van der Waals surface area contributed by atoms with E-state index in [4.69, 9.17) is 11.5 Å². The third-order valence-corrected chi connectivity index (χ3v) is 9.62. The van der Waals surface area contributed by atoms with E-state index in [1.165, 1.54) is 0 Å². The van der Waals surface area contributed by atoms with E-state index in [9.17, 15) is 9.90 Å². The Morgan fingerprint density at radius 3 is 1.12 bits per heavy atom. The Morgan fingerprint density at radius 1 is 0.540 bits per heavy atom. The lowest BCUT2D eigenvalue weighted by atomic mass is 9.60. The Kier molecular flexibility index (Phi) is 10.5. The highest BCUT2D eigenvalue weighted by molar-refractivity contribution is 5.76. The second-order valence-corrected chi connectivity index (χ2v) is 12.5. The number of aliphatic imine (C=N–C) groups is 1. The number of nitrogens with one attached hydrogen (secondary N) is 1. The van der Waals surface area contributed by atoms with Gasteiger partial charge in [-0.15, -0.1) is 0 Å². The first-order valence-electron chi connectivity index (χ1n) is 16.8. The first kappa shape index (κ1) is 33.9. The third-order valence-electron chi connectivity index (χ3n) is 9.62. The maximum absolute atomic E-state index is 13.7. The van der Waals surface area contributed by atoms with Gasteiger partial charge < -0.3 is 16.6 Å². The number of nitrogens with two attached hydrogens (primary N) is 2. The first-order chi connectivity index (χ1) is 24.5. The molecule has 0 heterocycles. The van der Waals surface area contributed by atoms with Gasteiger partial charge in [0.15, 0.2) is 5.96 Å². The molecule has 0 aliphatic rings. The molecule has 0 radical (unpaired) electrons. The molecule has 250 valence electrons. The van der Waals surface area contributed by atoms with Crippen molar-refractivity contribution in [3.8, 4) is 0 Å². The summed E-state index contributed by atoms with van der Waals surface area (Å²) in [5.41, 5.74) is 16.0. The van der Waals surface area contributed by atoms with Crippen molar-refractivity contribution in [1.29, 1.82) is 0 Å². The van der Waals surface area contributed by atoms with Gasteiger partial charge in [-0.1, -0.05) is 182 Å². The van der Waals surface area contributed by atoms with E-state index in [1.54, 1.807) is 0 Å². The summed E-state index contributed by atoms with van der Waals surface area (Å²) in [7, 11) is 0. The van der Waals surface area contributed by atoms with E-state index in [1.807, 2.05) is 146 Å². The Labute approximate surface area is 294 Å². The molecule has 0 saturated carbocycles. The van der Waals surface area contributed by atoms with Crippen LogP contribution in [-0.4, -0.2) is 29.6 Å². The largest absolute Gasteiger partial charge is 0.480 e. The van der Waals surface area contributed by atoms with E-state index >= 15 is 0 Å². The van der Waals surface area contributed by atoms with Gasteiger partial charge in [-0.2, -0.15) is 0 Å². The number of guanidine groups is 1. The molecule has 6 rings (SSSR count). The van der Waals surface area contributed by atoms with Crippen LogP contribution in [0.5, 0.6) is 0 Å². The molecular weight excluding hydrogens is 617 g/mol. The van der Waals surface area contributed by atoms with Gasteiger partial charge in [-0.25, -0.2) is 0 Å². The quantitative estimate of drug-likeness (QED) is 0.0556. The molecule has 2 atom stereocenters. The fourth-order valence-corrected chi connectivity index (χ4v) is 7.50. The van der Waals surface area contributed by atoms with Crippen LogP contribution >= 0.6 is 0 Å². The number of carboxylic acids is 1. The van der Waals surface area contributed by atoms with Gasteiger partial charge in [0, 0.05) is 12.0 Å². The lowest BCUT2D eigenvalue weighted by Gasteiger charge is -2.45. The molecule has 6 N–H and O–H groups in total. The molecule has 0 amide bonds. The SMILES string of the molecule is NC(N)=NCC(C[C@H](NC(c1ccccc1)(c1ccccc1)c1ccccc1)C(=O)O)C(c1ccccc1)(c1ccccc1)c1ccccc1. The molecule has 0 saturated heterocycles. The van der Waals surface area contributed by atoms with Crippen molar-refractivity contribution in [3.63, 3.8) is 0 Å². The Bertz CT molecular complexity index is 1770. The number of carbonyl (C=O) groups is 1. The lowest BCUT2D eigenvalue weighted by molar-refractivity contribution is -0.140. The average Bonchev–Trinajstić information content (AvgIpc) is 3.17. The van der Waals surface area contributed by atoms with Gasteiger partial charge in [0.1, 0.15) is 6.04 Å². The minimum absolute atomic E-state index is 0.0508. The minimum atomic E-state index is -1.05. The zero-order valence-electron chi connectivity index (χ0n) is 27.8. The molecule has 6 nitrogen and oxygen atoms in total. The first-order valence-corrected chi connectivity index (χ1v) is 16.8. The number of rotatable bonds is 14. The zero-order chi connectivity index (χ0) is 34.8. The summed E-state index contributed by atoms with van der Waals surface area (Å²) in [6.45, 7) is 0.182. The van der Waals surface area contributed by atoms with E-state index in [0.29, 0.717) is 0 Å². The summed E-state index contributed by atoms with van der Waals surface area (Å²) in [4.78, 5) is 18.3. The summed E-state index contributed by atoms with van der Waals surface area (Å²) in [6.07, 6.45) is 0.180. The zero-order valence-corrected chi connectivity index (χ0v) is 27.8. The number of hydrogen-bond donors (Lipinski definition) is 4. The van der Waals surface area contributed by atoms with Crippen LogP contribution < -0.4 is 16.8 Å². The molecule has 0 aromatic heterocycles. The maximum atomic E-state index is 13.7. The van der Waals surface area contributed by atoms with Gasteiger partial charge in [0.2, 0.25) is 0 Å². The van der Waals surface area contributed by atoms with Gasteiger partial charge in [0.05, 0.1) is 5.54 Å². The number of hydrogen-bond acceptors (Lipinski definition) is 3. The number of aliphatic carboxylic acids is 1. The van der Waals surface area contributed by atoms with Crippen LogP contribution in [0.3, 0.4) is 0 Å². The maximum Gasteiger partial charge on any atom is 0.320 e. The average molecular weight is 659 g/mol. The second-order valence-electron chi connectivity index (χ2n) is 12.5. The van der Waals surface area contributed by atoms with Crippen molar-refractivity contribution >= 4 is 11.9 Å². The van der Waals surface area contributed by atoms with Gasteiger partial charge >= 0.3 is 5.97 Å². The number of nitrogens with zero attached hydrogens (tertiary/aromatic N) is 1. The molecule has 50 heavy (non-hydrogen) atoms. The van der Waals surface area contributed by atoms with E-state index in [2.05, 4.69) is 46.7 Å². The van der Waals surface area contributed by atoms with Crippen LogP contribution in [0.15, 0.2) is 187 Å². The Balaban J connectivity index is 1.60. The van der Waals surface area contributed by atoms with Crippen LogP contribution in [-0.2, 0) is 15.7 Å². The summed E-state index contributed by atoms with van der Waals surface area (Å²) < 4.78 is 0. The van der Waals surface area contributed by atoms with E-state index in [0.717, 1.165) is 33.4 Å². The third kappa shape index (κ3) is 6.79. The molecule has 6 aromatic rings. The van der Waals surface area contributed by atoms with Crippen LogP contribution in [0.4, 0.5) is 0 Å². The fourth-order valence-electron chi connectivity index (χ4n) is 7.50. The van der Waals surface area contributed by atoms with Crippen molar-refractivity contribution in [3.05, 3.63) is 215 Å². The summed E-state index contributed by atoms with van der Waals surface area (Å²) in [5, 5.41) is 15.0. The molecule has 6 aromatic carbocycles. The van der Waals surface area contributed by atoms with E-state index < -0.39 is 28.9 Å². The van der Waals surface area contributed by atoms with Gasteiger partial charge in [-0.3, -0.25) is 15.1 Å². The summed E-state index contributed by atoms with van der Waals surface area (Å²) in [5.74, 6) is -1.45. The lowest BCUT2D eigenvalue weighted by Crippen LogP contribution is -2.54. The predicted octanol–water partition coefficient (Wildman–Crippen LogP) is 7.34. The molecule has 1 unspecified atom stereocenters. The molecule has 0 aliphatic heterocycles. The Hall–Kier alpha value is -5.98. The molecule has 6 heteroatoms. The van der Waals surface area contributed by atoms with Crippen molar-refractivity contribution in [2.24, 2.45) is 22.4 Å². The van der Waals surface area contributed by atoms with Gasteiger partial charge in [0.25, 0.3) is 0 Å².